The Balaban J connectivity index is 4.26. The molecule has 0 saturated carbocycles. The summed E-state index contributed by atoms with van der Waals surface area (Å²) in [7, 11) is 0. The second kappa shape index (κ2) is 57.2. The quantitative estimate of drug-likeness (QED) is 0.0345. The molecule has 1 atom stereocenters. The van der Waals surface area contributed by atoms with Crippen LogP contribution >= 0.6 is 0 Å². The van der Waals surface area contributed by atoms with E-state index in [0.717, 1.165) is 70.6 Å². The average Bonchev–Trinajstić information content (AvgIpc) is 3.32. The minimum Gasteiger partial charge on any atom is -0.462 e. The first-order valence-electron chi connectivity index (χ1n) is 29.2. The van der Waals surface area contributed by atoms with Gasteiger partial charge < -0.3 is 14.2 Å². The molecule has 0 bridgehead atoms. The standard InChI is InChI=1S/C61H112O5/c1-4-7-10-13-16-19-22-25-28-29-30-31-32-35-38-41-44-47-50-53-56-64-57-59(66-61(63)55-52-49-46-43-40-37-34-27-24-21-18-15-12-9-6-3)58-65-60(62)54-51-48-45-42-39-36-33-26-23-20-17-14-11-8-5-2/h16,19,25-28,33-34,59H,4-15,17-18,20-24,29-32,35-58H2,1-3H3/b19-16-,28-25-,33-26-,34-27-. The molecule has 0 aliphatic carbocycles. The number of rotatable bonds is 54. The Morgan fingerprint density at radius 2 is 0.636 bits per heavy atom. The lowest BCUT2D eigenvalue weighted by molar-refractivity contribution is -0.163. The van der Waals surface area contributed by atoms with E-state index in [4.69, 9.17) is 14.2 Å². The average molecular weight is 926 g/mol. The molecule has 0 saturated heterocycles. The zero-order valence-corrected chi connectivity index (χ0v) is 44.5. The highest BCUT2D eigenvalue weighted by molar-refractivity contribution is 5.70. The molecule has 0 fully saturated rings. The molecule has 5 heteroatoms. The van der Waals surface area contributed by atoms with Gasteiger partial charge in [0, 0.05) is 19.4 Å². The Hall–Kier alpha value is -2.14. The van der Waals surface area contributed by atoms with Crippen molar-refractivity contribution < 1.29 is 23.8 Å². The predicted molar refractivity (Wildman–Crippen MR) is 288 cm³/mol. The molecule has 0 heterocycles. The third kappa shape index (κ3) is 54.5. The lowest BCUT2D eigenvalue weighted by Gasteiger charge is -2.18. The SMILES string of the molecule is CCCCC/C=C\C/C=C\CCCCCCCCCCCCOCC(COC(=O)CCCCCCC/C=C\CCCCCCCC)OC(=O)CCCCCCC/C=C\CCCCCCCC. The van der Waals surface area contributed by atoms with E-state index in [1.165, 1.54) is 199 Å². The van der Waals surface area contributed by atoms with Crippen LogP contribution in [0.4, 0.5) is 0 Å². The van der Waals surface area contributed by atoms with Crippen molar-refractivity contribution in [2.45, 2.75) is 309 Å². The zero-order valence-electron chi connectivity index (χ0n) is 44.5. The number of hydrogen-bond acceptors (Lipinski definition) is 5. The minimum absolute atomic E-state index is 0.0789. The minimum atomic E-state index is -0.544. The van der Waals surface area contributed by atoms with Gasteiger partial charge in [0.25, 0.3) is 0 Å². The van der Waals surface area contributed by atoms with Crippen LogP contribution in [0.15, 0.2) is 48.6 Å². The lowest BCUT2D eigenvalue weighted by atomic mass is 10.1. The number of carbonyl (C=O) groups excluding carboxylic acids is 2. The first kappa shape index (κ1) is 63.9. The molecule has 0 radical (unpaired) electrons. The monoisotopic (exact) mass is 925 g/mol. The van der Waals surface area contributed by atoms with Crippen LogP contribution in [0.25, 0.3) is 0 Å². The summed E-state index contributed by atoms with van der Waals surface area (Å²) in [5, 5.41) is 0. The number of esters is 2. The van der Waals surface area contributed by atoms with Gasteiger partial charge >= 0.3 is 11.9 Å². The topological polar surface area (TPSA) is 61.8 Å². The van der Waals surface area contributed by atoms with Crippen molar-refractivity contribution in [1.29, 1.82) is 0 Å². The van der Waals surface area contributed by atoms with E-state index in [-0.39, 0.29) is 25.2 Å². The molecule has 0 aromatic carbocycles. The van der Waals surface area contributed by atoms with Crippen molar-refractivity contribution in [3.05, 3.63) is 48.6 Å². The van der Waals surface area contributed by atoms with Crippen LogP contribution in [-0.2, 0) is 23.8 Å². The molecule has 0 rings (SSSR count). The van der Waals surface area contributed by atoms with E-state index >= 15 is 0 Å². The summed E-state index contributed by atoms with van der Waals surface area (Å²) in [6.45, 7) is 7.81. The molecule has 0 aliphatic rings. The number of allylic oxidation sites excluding steroid dienone is 8. The Morgan fingerprint density at radius 1 is 0.333 bits per heavy atom. The highest BCUT2D eigenvalue weighted by Gasteiger charge is 2.17. The van der Waals surface area contributed by atoms with E-state index < -0.39 is 6.10 Å². The number of carbonyl (C=O) groups is 2. The largest absolute Gasteiger partial charge is 0.462 e. The molecule has 0 amide bonds. The van der Waals surface area contributed by atoms with Crippen molar-refractivity contribution in [3.63, 3.8) is 0 Å². The van der Waals surface area contributed by atoms with E-state index in [1.807, 2.05) is 0 Å². The highest BCUT2D eigenvalue weighted by atomic mass is 16.6. The fraction of sp³-hybridized carbons (Fsp3) is 0.836. The van der Waals surface area contributed by atoms with Gasteiger partial charge in [-0.15, -0.1) is 0 Å². The third-order valence-corrected chi connectivity index (χ3v) is 12.8. The van der Waals surface area contributed by atoms with E-state index in [2.05, 4.69) is 69.4 Å². The zero-order chi connectivity index (χ0) is 47.7. The van der Waals surface area contributed by atoms with Gasteiger partial charge in [-0.25, -0.2) is 0 Å². The first-order chi connectivity index (χ1) is 32.6. The summed E-state index contributed by atoms with van der Waals surface area (Å²) in [5.41, 5.74) is 0. The van der Waals surface area contributed by atoms with Crippen LogP contribution in [0.3, 0.4) is 0 Å². The van der Waals surface area contributed by atoms with E-state index in [9.17, 15) is 9.59 Å². The van der Waals surface area contributed by atoms with Gasteiger partial charge in [0.2, 0.25) is 0 Å². The summed E-state index contributed by atoms with van der Waals surface area (Å²) in [6, 6.07) is 0. The normalized spacial score (nSPS) is 12.5. The maximum absolute atomic E-state index is 12.8. The Bertz CT molecular complexity index is 1090. The maximum Gasteiger partial charge on any atom is 0.306 e. The summed E-state index contributed by atoms with van der Waals surface area (Å²) in [6.07, 6.45) is 71.3. The molecule has 0 spiro atoms. The van der Waals surface area contributed by atoms with Crippen molar-refractivity contribution in [3.8, 4) is 0 Å². The van der Waals surface area contributed by atoms with Crippen molar-refractivity contribution in [1.82, 2.24) is 0 Å². The van der Waals surface area contributed by atoms with Crippen molar-refractivity contribution in [2.24, 2.45) is 0 Å². The number of hydrogen-bond donors (Lipinski definition) is 0. The van der Waals surface area contributed by atoms with Gasteiger partial charge in [0.15, 0.2) is 6.10 Å². The van der Waals surface area contributed by atoms with Crippen LogP contribution < -0.4 is 0 Å². The summed E-state index contributed by atoms with van der Waals surface area (Å²) < 4.78 is 17.5. The maximum atomic E-state index is 12.8. The van der Waals surface area contributed by atoms with E-state index in [1.54, 1.807) is 0 Å². The van der Waals surface area contributed by atoms with E-state index in [0.29, 0.717) is 19.4 Å². The highest BCUT2D eigenvalue weighted by Crippen LogP contribution is 2.15. The summed E-state index contributed by atoms with van der Waals surface area (Å²) >= 11 is 0. The molecule has 386 valence electrons. The van der Waals surface area contributed by atoms with Crippen molar-refractivity contribution in [2.75, 3.05) is 19.8 Å². The van der Waals surface area contributed by atoms with Crippen LogP contribution in [-0.4, -0.2) is 37.9 Å². The van der Waals surface area contributed by atoms with Gasteiger partial charge in [-0.1, -0.05) is 236 Å². The number of ether oxygens (including phenoxy) is 3. The third-order valence-electron chi connectivity index (χ3n) is 12.8. The molecular formula is C61H112O5. The first-order valence-corrected chi connectivity index (χ1v) is 29.2. The van der Waals surface area contributed by atoms with Crippen LogP contribution in [0.2, 0.25) is 0 Å². The molecule has 1 unspecified atom stereocenters. The second-order valence-corrected chi connectivity index (χ2v) is 19.5. The van der Waals surface area contributed by atoms with Crippen molar-refractivity contribution >= 4 is 11.9 Å². The van der Waals surface area contributed by atoms with Gasteiger partial charge in [0.1, 0.15) is 6.61 Å². The fourth-order valence-electron chi connectivity index (χ4n) is 8.41. The van der Waals surface area contributed by atoms with Crippen LogP contribution in [0, 0.1) is 0 Å². The summed E-state index contributed by atoms with van der Waals surface area (Å²) in [4.78, 5) is 25.5. The fourth-order valence-corrected chi connectivity index (χ4v) is 8.41. The molecule has 0 N–H and O–H groups in total. The molecule has 0 aromatic heterocycles. The van der Waals surface area contributed by atoms with Gasteiger partial charge in [-0.3, -0.25) is 9.59 Å². The molecular weight excluding hydrogens is 813 g/mol. The molecule has 5 nitrogen and oxygen atoms in total. The lowest BCUT2D eigenvalue weighted by Crippen LogP contribution is -2.30. The predicted octanol–water partition coefficient (Wildman–Crippen LogP) is 19.9. The Morgan fingerprint density at radius 3 is 1.05 bits per heavy atom. The van der Waals surface area contributed by atoms with Gasteiger partial charge in [-0.05, 0) is 103 Å². The van der Waals surface area contributed by atoms with Crippen LogP contribution in [0.1, 0.15) is 303 Å². The molecule has 0 aromatic rings. The Kier molecular flexibility index (Phi) is 55.3. The van der Waals surface area contributed by atoms with Crippen LogP contribution in [0.5, 0.6) is 0 Å². The van der Waals surface area contributed by atoms with Gasteiger partial charge in [0.05, 0.1) is 6.61 Å². The summed E-state index contributed by atoms with van der Waals surface area (Å²) in [5.74, 6) is -0.405. The van der Waals surface area contributed by atoms with Gasteiger partial charge in [-0.2, -0.15) is 0 Å². The molecule has 66 heavy (non-hydrogen) atoms. The smallest absolute Gasteiger partial charge is 0.306 e. The molecule has 0 aliphatic heterocycles. The Labute approximate surface area is 412 Å². The number of unbranched alkanes of at least 4 members (excludes halogenated alkanes) is 35. The second-order valence-electron chi connectivity index (χ2n) is 19.5.